The number of nitrogens with zero attached hydrogens (tertiary/aromatic N) is 1. The van der Waals surface area contributed by atoms with E-state index in [0.29, 0.717) is 5.69 Å². The molecule has 0 saturated heterocycles. The van der Waals surface area contributed by atoms with Crippen molar-refractivity contribution in [1.29, 1.82) is 0 Å². The van der Waals surface area contributed by atoms with Gasteiger partial charge in [0.05, 0.1) is 18.4 Å². The van der Waals surface area contributed by atoms with Gasteiger partial charge >= 0.3 is 11.9 Å². The maximum Gasteiger partial charge on any atom is 0.329 e. The maximum absolute atomic E-state index is 15.0. The number of carbonyl (C=O) groups is 3. The number of carbonyl (C=O) groups excluding carboxylic acids is 3. The summed E-state index contributed by atoms with van der Waals surface area (Å²) in [5.74, 6) is -2.91. The lowest BCUT2D eigenvalue weighted by Gasteiger charge is -2.26. The molecular formula is C25H38ClFN2O8S. The van der Waals surface area contributed by atoms with Crippen molar-refractivity contribution < 1.29 is 40.8 Å². The van der Waals surface area contributed by atoms with Crippen LogP contribution < -0.4 is 10.2 Å². The van der Waals surface area contributed by atoms with Gasteiger partial charge in [0.25, 0.3) is 16.0 Å². The van der Waals surface area contributed by atoms with E-state index in [1.54, 1.807) is 46.4 Å². The molecule has 0 unspecified atom stereocenters. The Hall–Kier alpha value is -2.44. The lowest BCUT2D eigenvalue weighted by Crippen LogP contribution is -2.44. The van der Waals surface area contributed by atoms with Crippen LogP contribution in [0.15, 0.2) is 18.2 Å². The first-order valence-corrected chi connectivity index (χ1v) is 14.4. The van der Waals surface area contributed by atoms with Gasteiger partial charge in [0, 0.05) is 31.1 Å². The van der Waals surface area contributed by atoms with Crippen LogP contribution in [0.1, 0.15) is 64.7 Å². The summed E-state index contributed by atoms with van der Waals surface area (Å²) >= 11 is 5.82. The third kappa shape index (κ3) is 13.4. The third-order valence-electron chi connectivity index (χ3n) is 4.63. The minimum Gasteiger partial charge on any atom is -0.460 e. The molecule has 38 heavy (non-hydrogen) atoms. The van der Waals surface area contributed by atoms with Gasteiger partial charge in [0.15, 0.2) is 0 Å². The van der Waals surface area contributed by atoms with Crippen molar-refractivity contribution in [2.45, 2.75) is 71.6 Å². The number of benzene rings is 1. The average molecular weight is 581 g/mol. The molecule has 0 bridgehead atoms. The van der Waals surface area contributed by atoms with E-state index in [2.05, 4.69) is 5.32 Å². The van der Waals surface area contributed by atoms with Crippen LogP contribution in [0.2, 0.25) is 0 Å². The molecule has 1 atom stereocenters. The second-order valence-corrected chi connectivity index (χ2v) is 12.6. The summed E-state index contributed by atoms with van der Waals surface area (Å²) < 4.78 is 52.8. The average Bonchev–Trinajstić information content (AvgIpc) is 2.72. The fourth-order valence-electron chi connectivity index (χ4n) is 3.17. The van der Waals surface area contributed by atoms with Gasteiger partial charge in [-0.2, -0.15) is 8.42 Å². The quantitative estimate of drug-likeness (QED) is 0.212. The van der Waals surface area contributed by atoms with Gasteiger partial charge in [-0.1, -0.05) is 0 Å². The fourth-order valence-corrected chi connectivity index (χ4v) is 3.75. The van der Waals surface area contributed by atoms with E-state index in [9.17, 15) is 27.2 Å². The van der Waals surface area contributed by atoms with Gasteiger partial charge < -0.3 is 19.7 Å². The van der Waals surface area contributed by atoms with E-state index in [4.69, 9.17) is 25.3 Å². The molecule has 10 nitrogen and oxygen atoms in total. The topological polar surface area (TPSA) is 128 Å². The summed E-state index contributed by atoms with van der Waals surface area (Å²) in [6.07, 6.45) is 0.634. The van der Waals surface area contributed by atoms with Crippen molar-refractivity contribution in [2.24, 2.45) is 0 Å². The Morgan fingerprint density at radius 3 is 2.16 bits per heavy atom. The summed E-state index contributed by atoms with van der Waals surface area (Å²) in [5, 5.41) is 2.46. The van der Waals surface area contributed by atoms with Crippen molar-refractivity contribution >= 4 is 45.3 Å². The molecule has 216 valence electrons. The molecule has 0 saturated carbocycles. The zero-order chi connectivity index (χ0) is 29.3. The van der Waals surface area contributed by atoms with Crippen LogP contribution in [0.5, 0.6) is 0 Å². The standard InChI is InChI=1S/C25H38ClFN2O8S/c1-24(2,3)36-21(30)11-10-20(23(32)37-25(4,5)6)28-22(31)18-9-8-17(16-19(18)27)29(13-12-26)14-15-35-38(7,33)34/h8-9,16,20H,10-15H2,1-7H3,(H,28,31)/t20-/m0/s1. The number of halogens is 2. The molecule has 1 aromatic carbocycles. The lowest BCUT2D eigenvalue weighted by atomic mass is 10.1. The van der Waals surface area contributed by atoms with Gasteiger partial charge in [-0.15, -0.1) is 11.6 Å². The Bertz CT molecular complexity index is 1080. The minimum absolute atomic E-state index is 0.107. The third-order valence-corrected chi connectivity index (χ3v) is 5.39. The van der Waals surface area contributed by atoms with Crippen LogP contribution in [0.4, 0.5) is 10.1 Å². The van der Waals surface area contributed by atoms with Gasteiger partial charge in [-0.05, 0) is 66.2 Å². The highest BCUT2D eigenvalue weighted by molar-refractivity contribution is 7.85. The highest BCUT2D eigenvalue weighted by atomic mass is 35.5. The van der Waals surface area contributed by atoms with Crippen molar-refractivity contribution in [3.05, 3.63) is 29.6 Å². The monoisotopic (exact) mass is 580 g/mol. The molecule has 0 heterocycles. The van der Waals surface area contributed by atoms with Gasteiger partial charge in [0.1, 0.15) is 23.1 Å². The summed E-state index contributed by atoms with van der Waals surface area (Å²) in [5.41, 5.74) is -1.56. The van der Waals surface area contributed by atoms with Crippen LogP contribution in [0, 0.1) is 5.82 Å². The molecule has 0 aliphatic carbocycles. The zero-order valence-electron chi connectivity index (χ0n) is 22.9. The number of hydrogen-bond acceptors (Lipinski definition) is 9. The second-order valence-electron chi connectivity index (χ2n) is 10.6. The van der Waals surface area contributed by atoms with Crippen molar-refractivity contribution in [3.8, 4) is 0 Å². The lowest BCUT2D eigenvalue weighted by molar-refractivity contribution is -0.158. The first-order chi connectivity index (χ1) is 17.3. The summed E-state index contributed by atoms with van der Waals surface area (Å²) in [6, 6.07) is 2.58. The molecular weight excluding hydrogens is 543 g/mol. The number of esters is 2. The van der Waals surface area contributed by atoms with Crippen LogP contribution in [-0.4, -0.2) is 75.3 Å². The molecule has 1 rings (SSSR count). The SMILES string of the molecule is CC(C)(C)OC(=O)CC[C@H](NC(=O)c1ccc(N(CCCl)CCOS(C)(=O)=O)cc1F)C(=O)OC(C)(C)C. The molecule has 0 aliphatic rings. The van der Waals surface area contributed by atoms with Crippen molar-refractivity contribution in [1.82, 2.24) is 5.32 Å². The molecule has 0 aromatic heterocycles. The number of rotatable bonds is 13. The van der Waals surface area contributed by atoms with Crippen LogP contribution >= 0.6 is 11.6 Å². The normalized spacial score (nSPS) is 13.0. The summed E-state index contributed by atoms with van der Waals surface area (Å²) in [4.78, 5) is 39.4. The highest BCUT2D eigenvalue weighted by Crippen LogP contribution is 2.20. The Morgan fingerprint density at radius 2 is 1.66 bits per heavy atom. The molecule has 1 amide bonds. The first-order valence-electron chi connectivity index (χ1n) is 12.0. The minimum atomic E-state index is -3.65. The number of nitrogens with one attached hydrogen (secondary N) is 1. The molecule has 0 radical (unpaired) electrons. The highest BCUT2D eigenvalue weighted by Gasteiger charge is 2.29. The van der Waals surface area contributed by atoms with Gasteiger partial charge in [-0.3, -0.25) is 13.8 Å². The second kappa shape index (κ2) is 14.1. The Kier molecular flexibility index (Phi) is 12.5. The first kappa shape index (κ1) is 33.6. The fraction of sp³-hybridized carbons (Fsp3) is 0.640. The number of anilines is 1. The molecule has 1 aromatic rings. The van der Waals surface area contributed by atoms with Crippen molar-refractivity contribution in [3.63, 3.8) is 0 Å². The Morgan fingerprint density at radius 1 is 1.05 bits per heavy atom. The van der Waals surface area contributed by atoms with Crippen LogP contribution in [0.3, 0.4) is 0 Å². The van der Waals surface area contributed by atoms with E-state index in [1.165, 1.54) is 12.1 Å². The maximum atomic E-state index is 15.0. The molecule has 0 fully saturated rings. The van der Waals surface area contributed by atoms with Crippen molar-refractivity contribution in [2.75, 3.05) is 36.7 Å². The predicted octanol–water partition coefficient (Wildman–Crippen LogP) is 3.41. The van der Waals surface area contributed by atoms with Crippen LogP contribution in [0.25, 0.3) is 0 Å². The van der Waals surface area contributed by atoms with Gasteiger partial charge in [0.2, 0.25) is 0 Å². The van der Waals surface area contributed by atoms with Crippen LogP contribution in [-0.2, 0) is 33.4 Å². The molecule has 1 N–H and O–H groups in total. The number of ether oxygens (including phenoxy) is 2. The zero-order valence-corrected chi connectivity index (χ0v) is 24.5. The van der Waals surface area contributed by atoms with E-state index >= 15 is 0 Å². The van der Waals surface area contributed by atoms with E-state index in [1.807, 2.05) is 0 Å². The molecule has 0 aliphatic heterocycles. The Labute approximate surface area is 229 Å². The summed E-state index contributed by atoms with van der Waals surface area (Å²) in [7, 11) is -3.65. The van der Waals surface area contributed by atoms with E-state index in [-0.39, 0.29) is 44.0 Å². The van der Waals surface area contributed by atoms with E-state index < -0.39 is 51.0 Å². The largest absolute Gasteiger partial charge is 0.460 e. The number of hydrogen-bond donors (Lipinski definition) is 1. The molecule has 0 spiro atoms. The van der Waals surface area contributed by atoms with Gasteiger partial charge in [-0.25, -0.2) is 9.18 Å². The number of alkyl halides is 1. The molecule has 13 heteroatoms. The van der Waals surface area contributed by atoms with E-state index in [0.717, 1.165) is 12.3 Å². The smallest absolute Gasteiger partial charge is 0.329 e. The summed E-state index contributed by atoms with van der Waals surface area (Å²) in [6.45, 7) is 10.3. The number of amides is 1. The predicted molar refractivity (Wildman–Crippen MR) is 142 cm³/mol. The Balaban J connectivity index is 3.06.